The molecule has 0 bridgehead atoms. The first-order valence-electron chi connectivity index (χ1n) is 3.95. The van der Waals surface area contributed by atoms with E-state index in [1.165, 1.54) is 7.11 Å². The van der Waals surface area contributed by atoms with Gasteiger partial charge in [-0.15, -0.1) is 0 Å². The van der Waals surface area contributed by atoms with Crippen molar-refractivity contribution in [2.75, 3.05) is 7.11 Å². The van der Waals surface area contributed by atoms with Crippen LogP contribution in [0.4, 0.5) is 0 Å². The summed E-state index contributed by atoms with van der Waals surface area (Å²) in [5.41, 5.74) is 0. The summed E-state index contributed by atoms with van der Waals surface area (Å²) in [6.45, 7) is 3.90. The molecule has 4 heteroatoms. The van der Waals surface area contributed by atoms with Crippen LogP contribution in [0.5, 0.6) is 0 Å². The van der Waals surface area contributed by atoms with Gasteiger partial charge < -0.3 is 9.47 Å². The van der Waals surface area contributed by atoms with Gasteiger partial charge in [0, 0.05) is 0 Å². The minimum atomic E-state index is -0.161. The highest BCUT2D eigenvalue weighted by molar-refractivity contribution is 14.1. The SMILES string of the molecule is COC(=O)[C@H]1[C@H](I)[C@H](C)O[C@H]1C. The second kappa shape index (κ2) is 3.91. The molecule has 0 N–H and O–H groups in total. The van der Waals surface area contributed by atoms with E-state index in [4.69, 9.17) is 9.47 Å². The lowest BCUT2D eigenvalue weighted by atomic mass is 10.0. The van der Waals surface area contributed by atoms with Gasteiger partial charge >= 0.3 is 5.97 Å². The second-order valence-electron chi connectivity index (χ2n) is 3.04. The highest BCUT2D eigenvalue weighted by atomic mass is 127. The molecule has 0 aromatic heterocycles. The van der Waals surface area contributed by atoms with Gasteiger partial charge in [-0.2, -0.15) is 0 Å². The molecule has 0 aromatic rings. The third-order valence-corrected chi connectivity index (χ3v) is 3.99. The van der Waals surface area contributed by atoms with Gasteiger partial charge in [0.15, 0.2) is 0 Å². The van der Waals surface area contributed by atoms with Crippen molar-refractivity contribution < 1.29 is 14.3 Å². The molecule has 0 unspecified atom stereocenters. The third kappa shape index (κ3) is 1.74. The number of ether oxygens (including phenoxy) is 2. The van der Waals surface area contributed by atoms with E-state index in [-0.39, 0.29) is 28.0 Å². The van der Waals surface area contributed by atoms with Crippen molar-refractivity contribution in [3.05, 3.63) is 0 Å². The first kappa shape index (κ1) is 10.2. The maximum Gasteiger partial charge on any atom is 0.312 e. The Morgan fingerprint density at radius 3 is 2.33 bits per heavy atom. The van der Waals surface area contributed by atoms with E-state index in [0.717, 1.165) is 0 Å². The maximum absolute atomic E-state index is 11.3. The zero-order valence-electron chi connectivity index (χ0n) is 7.41. The molecule has 1 heterocycles. The van der Waals surface area contributed by atoms with Crippen molar-refractivity contribution in [3.8, 4) is 0 Å². The molecule has 1 fully saturated rings. The molecule has 1 rings (SSSR count). The molecule has 12 heavy (non-hydrogen) atoms. The Hall–Kier alpha value is 0.160. The minimum Gasteiger partial charge on any atom is -0.469 e. The van der Waals surface area contributed by atoms with E-state index in [2.05, 4.69) is 22.6 Å². The van der Waals surface area contributed by atoms with Gasteiger partial charge in [-0.1, -0.05) is 22.6 Å². The fraction of sp³-hybridized carbons (Fsp3) is 0.875. The number of hydrogen-bond acceptors (Lipinski definition) is 3. The van der Waals surface area contributed by atoms with Crippen LogP contribution < -0.4 is 0 Å². The summed E-state index contributed by atoms with van der Waals surface area (Å²) in [6.07, 6.45) is 0.124. The molecule has 0 spiro atoms. The molecular weight excluding hydrogens is 271 g/mol. The van der Waals surface area contributed by atoms with Gasteiger partial charge in [0.25, 0.3) is 0 Å². The van der Waals surface area contributed by atoms with Crippen molar-refractivity contribution in [3.63, 3.8) is 0 Å². The summed E-state index contributed by atoms with van der Waals surface area (Å²) in [7, 11) is 1.42. The van der Waals surface area contributed by atoms with Gasteiger partial charge in [-0.05, 0) is 13.8 Å². The third-order valence-electron chi connectivity index (χ3n) is 2.20. The molecule has 4 atom stereocenters. The van der Waals surface area contributed by atoms with Crippen LogP contribution in [-0.4, -0.2) is 29.2 Å². The normalized spacial score (nSPS) is 41.3. The number of esters is 1. The van der Waals surface area contributed by atoms with Crippen LogP contribution >= 0.6 is 22.6 Å². The summed E-state index contributed by atoms with van der Waals surface area (Å²) >= 11 is 2.25. The Balaban J connectivity index is 2.69. The van der Waals surface area contributed by atoms with E-state index in [1.807, 2.05) is 13.8 Å². The van der Waals surface area contributed by atoms with E-state index < -0.39 is 0 Å². The molecule has 1 aliphatic heterocycles. The molecule has 70 valence electrons. The van der Waals surface area contributed by atoms with Crippen LogP contribution in [-0.2, 0) is 14.3 Å². The first-order valence-corrected chi connectivity index (χ1v) is 5.20. The Morgan fingerprint density at radius 2 is 2.00 bits per heavy atom. The largest absolute Gasteiger partial charge is 0.469 e. The van der Waals surface area contributed by atoms with Crippen LogP contribution in [0.1, 0.15) is 13.8 Å². The van der Waals surface area contributed by atoms with Crippen LogP contribution in [0.15, 0.2) is 0 Å². The molecule has 0 amide bonds. The monoisotopic (exact) mass is 284 g/mol. The molecule has 0 aromatic carbocycles. The van der Waals surface area contributed by atoms with E-state index in [1.54, 1.807) is 0 Å². The summed E-state index contributed by atoms with van der Waals surface area (Å²) in [5, 5.41) is 0. The van der Waals surface area contributed by atoms with Crippen LogP contribution in [0, 0.1) is 5.92 Å². The minimum absolute atomic E-state index is 0.0191. The molecule has 0 aliphatic carbocycles. The van der Waals surface area contributed by atoms with Crippen LogP contribution in [0.3, 0.4) is 0 Å². The van der Waals surface area contributed by atoms with Gasteiger partial charge in [0.05, 0.1) is 29.2 Å². The van der Waals surface area contributed by atoms with Gasteiger partial charge in [-0.25, -0.2) is 0 Å². The maximum atomic E-state index is 11.3. The van der Waals surface area contributed by atoms with Crippen LogP contribution in [0.2, 0.25) is 0 Å². The van der Waals surface area contributed by atoms with Crippen molar-refractivity contribution in [1.29, 1.82) is 0 Å². The smallest absolute Gasteiger partial charge is 0.312 e. The number of hydrogen-bond donors (Lipinski definition) is 0. The number of carbonyl (C=O) groups excluding carboxylic acids is 1. The van der Waals surface area contributed by atoms with Crippen molar-refractivity contribution >= 4 is 28.6 Å². The number of alkyl halides is 1. The predicted octanol–water partition coefficient (Wildman–Crippen LogP) is 1.39. The second-order valence-corrected chi connectivity index (χ2v) is 4.48. The van der Waals surface area contributed by atoms with Crippen molar-refractivity contribution in [2.24, 2.45) is 5.92 Å². The van der Waals surface area contributed by atoms with Crippen molar-refractivity contribution in [1.82, 2.24) is 0 Å². The number of halogens is 1. The lowest BCUT2D eigenvalue weighted by molar-refractivity contribution is -0.146. The molecule has 1 aliphatic rings. The predicted molar refractivity (Wildman–Crippen MR) is 53.3 cm³/mol. The number of carbonyl (C=O) groups is 1. The average Bonchev–Trinajstić information content (AvgIpc) is 2.26. The fourth-order valence-corrected chi connectivity index (χ4v) is 2.55. The summed E-state index contributed by atoms with van der Waals surface area (Å²) in [6, 6.07) is 0. The molecule has 0 saturated carbocycles. The fourth-order valence-electron chi connectivity index (χ4n) is 1.51. The zero-order valence-corrected chi connectivity index (χ0v) is 9.57. The summed E-state index contributed by atoms with van der Waals surface area (Å²) in [5.74, 6) is -0.267. The molecule has 0 radical (unpaired) electrons. The quantitative estimate of drug-likeness (QED) is 0.414. The van der Waals surface area contributed by atoms with E-state index in [0.29, 0.717) is 0 Å². The van der Waals surface area contributed by atoms with Gasteiger partial charge in [-0.3, -0.25) is 4.79 Å². The molecular formula is C8H13IO3. The first-order chi connectivity index (χ1) is 5.57. The van der Waals surface area contributed by atoms with Gasteiger partial charge in [0.1, 0.15) is 0 Å². The Kier molecular flexibility index (Phi) is 3.34. The standard InChI is InChI=1S/C8H13IO3/c1-4-6(8(10)11-3)7(9)5(2)12-4/h4-7H,1-3H3/t4-,5-,6+,7+/m0/s1. The Morgan fingerprint density at radius 1 is 1.42 bits per heavy atom. The molecule has 3 nitrogen and oxygen atoms in total. The summed E-state index contributed by atoms with van der Waals surface area (Å²) < 4.78 is 10.4. The number of rotatable bonds is 1. The Labute approximate surface area is 85.9 Å². The van der Waals surface area contributed by atoms with Gasteiger partial charge in [0.2, 0.25) is 0 Å². The highest BCUT2D eigenvalue weighted by Crippen LogP contribution is 2.33. The Bertz CT molecular complexity index is 183. The summed E-state index contributed by atoms with van der Waals surface area (Å²) in [4.78, 5) is 11.3. The van der Waals surface area contributed by atoms with Crippen molar-refractivity contribution in [2.45, 2.75) is 30.0 Å². The lowest BCUT2D eigenvalue weighted by Gasteiger charge is -2.13. The number of methoxy groups -OCH3 is 1. The van der Waals surface area contributed by atoms with E-state index in [9.17, 15) is 4.79 Å². The van der Waals surface area contributed by atoms with E-state index >= 15 is 0 Å². The average molecular weight is 284 g/mol. The highest BCUT2D eigenvalue weighted by Gasteiger charge is 2.43. The lowest BCUT2D eigenvalue weighted by Crippen LogP contribution is -2.29. The topological polar surface area (TPSA) is 35.5 Å². The van der Waals surface area contributed by atoms with Crippen LogP contribution in [0.25, 0.3) is 0 Å². The zero-order chi connectivity index (χ0) is 9.30. The molecule has 1 saturated heterocycles.